The molecule has 0 aromatic heterocycles. The molecule has 1 aliphatic rings. The van der Waals surface area contributed by atoms with Crippen LogP contribution in [0.3, 0.4) is 0 Å². The van der Waals surface area contributed by atoms with Crippen molar-refractivity contribution in [1.82, 2.24) is 0 Å². The van der Waals surface area contributed by atoms with Gasteiger partial charge in [0, 0.05) is 0 Å². The summed E-state index contributed by atoms with van der Waals surface area (Å²) in [6.07, 6.45) is 0.409. The Morgan fingerprint density at radius 3 is 2.38 bits per heavy atom. The maximum absolute atomic E-state index is 8.95. The highest BCUT2D eigenvalue weighted by Crippen LogP contribution is 2.28. The zero-order valence-corrected chi connectivity index (χ0v) is 7.47. The van der Waals surface area contributed by atoms with E-state index in [2.05, 4.69) is 16.9 Å². The quantitative estimate of drug-likeness (QED) is 0.512. The molecule has 0 bridgehead atoms. The van der Waals surface area contributed by atoms with Gasteiger partial charge in [-0.15, -0.1) is 0 Å². The molecular weight excluding hydrogens is 168 g/mol. The zero-order chi connectivity index (χ0) is 9.52. The van der Waals surface area contributed by atoms with Crippen LogP contribution in [0.1, 0.15) is 11.7 Å². The van der Waals surface area contributed by atoms with E-state index in [1.165, 1.54) is 12.7 Å². The van der Waals surface area contributed by atoms with Crippen molar-refractivity contribution < 1.29 is 14.3 Å². The third kappa shape index (κ3) is 3.71. The maximum atomic E-state index is 8.95. The number of ether oxygens (including phenoxy) is 2. The standard InChI is InChI=1S/C8H8O.C2H4O2/c1-2-4-7(5-3-1)8-6-9-8;1-4-2-3/h1-5,8H,6H2;2H,1H3. The lowest BCUT2D eigenvalue weighted by Crippen LogP contribution is -1.75. The van der Waals surface area contributed by atoms with Gasteiger partial charge in [-0.2, -0.15) is 0 Å². The van der Waals surface area contributed by atoms with Gasteiger partial charge in [0.05, 0.1) is 13.7 Å². The number of methoxy groups -OCH3 is 1. The Kier molecular flexibility index (Phi) is 3.99. The summed E-state index contributed by atoms with van der Waals surface area (Å²) in [7, 11) is 1.31. The molecule has 1 heterocycles. The van der Waals surface area contributed by atoms with Crippen molar-refractivity contribution in [3.63, 3.8) is 0 Å². The number of benzene rings is 1. The first-order valence-corrected chi connectivity index (χ1v) is 4.01. The summed E-state index contributed by atoms with van der Waals surface area (Å²) >= 11 is 0. The van der Waals surface area contributed by atoms with Crippen LogP contribution < -0.4 is 0 Å². The van der Waals surface area contributed by atoms with E-state index in [1.54, 1.807) is 0 Å². The van der Waals surface area contributed by atoms with Crippen molar-refractivity contribution in [1.29, 1.82) is 0 Å². The number of hydrogen-bond donors (Lipinski definition) is 0. The minimum absolute atomic E-state index is 0.375. The number of rotatable bonds is 2. The molecule has 0 amide bonds. The molecule has 13 heavy (non-hydrogen) atoms. The summed E-state index contributed by atoms with van der Waals surface area (Å²) in [5, 5.41) is 0. The SMILES string of the molecule is COC=O.c1ccc(C2CO2)cc1. The molecule has 1 atom stereocenters. The van der Waals surface area contributed by atoms with Crippen LogP contribution in [0.5, 0.6) is 0 Å². The molecule has 1 unspecified atom stereocenters. The summed E-state index contributed by atoms with van der Waals surface area (Å²) in [6, 6.07) is 10.3. The third-order valence-electron chi connectivity index (χ3n) is 1.60. The summed E-state index contributed by atoms with van der Waals surface area (Å²) < 4.78 is 8.96. The Labute approximate surface area is 77.3 Å². The molecule has 1 aromatic rings. The molecule has 70 valence electrons. The van der Waals surface area contributed by atoms with Crippen molar-refractivity contribution in [2.75, 3.05) is 13.7 Å². The Bertz CT molecular complexity index is 242. The fourth-order valence-electron chi connectivity index (χ4n) is 0.908. The summed E-state index contributed by atoms with van der Waals surface area (Å²) in [4.78, 5) is 8.95. The number of carbonyl (C=O) groups is 1. The fraction of sp³-hybridized carbons (Fsp3) is 0.300. The van der Waals surface area contributed by atoms with Crippen LogP contribution in [-0.2, 0) is 14.3 Å². The van der Waals surface area contributed by atoms with E-state index in [-0.39, 0.29) is 0 Å². The smallest absolute Gasteiger partial charge is 0.292 e. The third-order valence-corrected chi connectivity index (χ3v) is 1.60. The Hall–Kier alpha value is -1.35. The topological polar surface area (TPSA) is 38.8 Å². The molecule has 0 aliphatic carbocycles. The van der Waals surface area contributed by atoms with Gasteiger partial charge in [0.15, 0.2) is 0 Å². The van der Waals surface area contributed by atoms with E-state index in [9.17, 15) is 0 Å². The van der Waals surface area contributed by atoms with Crippen molar-refractivity contribution in [2.24, 2.45) is 0 Å². The molecule has 3 nitrogen and oxygen atoms in total. The van der Waals surface area contributed by atoms with Crippen molar-refractivity contribution >= 4 is 6.47 Å². The van der Waals surface area contributed by atoms with Gasteiger partial charge in [-0.1, -0.05) is 30.3 Å². The van der Waals surface area contributed by atoms with Crippen LogP contribution in [0.25, 0.3) is 0 Å². The molecular formula is C10H12O3. The van der Waals surface area contributed by atoms with E-state index in [0.717, 1.165) is 6.61 Å². The van der Waals surface area contributed by atoms with Gasteiger partial charge in [-0.25, -0.2) is 0 Å². The molecule has 0 N–H and O–H groups in total. The molecule has 0 saturated carbocycles. The first kappa shape index (κ1) is 9.74. The van der Waals surface area contributed by atoms with Gasteiger partial charge < -0.3 is 9.47 Å². The predicted molar refractivity (Wildman–Crippen MR) is 48.2 cm³/mol. The van der Waals surface area contributed by atoms with Gasteiger partial charge in [0.1, 0.15) is 6.10 Å². The average Bonchev–Trinajstić information content (AvgIpc) is 3.03. The van der Waals surface area contributed by atoms with Crippen molar-refractivity contribution in [3.05, 3.63) is 35.9 Å². The van der Waals surface area contributed by atoms with Crippen LogP contribution in [0, 0.1) is 0 Å². The number of epoxide rings is 1. The molecule has 1 aliphatic heterocycles. The summed E-state index contributed by atoms with van der Waals surface area (Å²) in [5.41, 5.74) is 1.30. The molecule has 3 heteroatoms. The first-order valence-electron chi connectivity index (χ1n) is 4.01. The average molecular weight is 180 g/mol. The fourth-order valence-corrected chi connectivity index (χ4v) is 0.908. The molecule has 1 fully saturated rings. The summed E-state index contributed by atoms with van der Waals surface area (Å²) in [5.74, 6) is 0. The Morgan fingerprint density at radius 1 is 1.46 bits per heavy atom. The van der Waals surface area contributed by atoms with E-state index >= 15 is 0 Å². The highest BCUT2D eigenvalue weighted by atomic mass is 16.6. The predicted octanol–water partition coefficient (Wildman–Crippen LogP) is 1.55. The molecule has 0 radical (unpaired) electrons. The van der Waals surface area contributed by atoms with E-state index in [4.69, 9.17) is 9.53 Å². The lowest BCUT2D eigenvalue weighted by Gasteiger charge is -1.89. The zero-order valence-electron chi connectivity index (χ0n) is 7.47. The molecule has 1 saturated heterocycles. The first-order chi connectivity index (χ1) is 6.38. The second kappa shape index (κ2) is 5.32. The highest BCUT2D eigenvalue weighted by molar-refractivity contribution is 5.36. The lowest BCUT2D eigenvalue weighted by molar-refractivity contribution is -0.126. The van der Waals surface area contributed by atoms with Crippen molar-refractivity contribution in [3.8, 4) is 0 Å². The number of carbonyl (C=O) groups excluding carboxylic acids is 1. The van der Waals surface area contributed by atoms with Crippen LogP contribution >= 0.6 is 0 Å². The van der Waals surface area contributed by atoms with E-state index < -0.39 is 0 Å². The van der Waals surface area contributed by atoms with Gasteiger partial charge >= 0.3 is 0 Å². The van der Waals surface area contributed by atoms with Gasteiger partial charge in [0.2, 0.25) is 0 Å². The Balaban J connectivity index is 0.000000184. The highest BCUT2D eigenvalue weighted by Gasteiger charge is 2.23. The van der Waals surface area contributed by atoms with Crippen molar-refractivity contribution in [2.45, 2.75) is 6.10 Å². The number of hydrogen-bond acceptors (Lipinski definition) is 3. The van der Waals surface area contributed by atoms with E-state index in [0.29, 0.717) is 12.6 Å². The van der Waals surface area contributed by atoms with Crippen LogP contribution in [-0.4, -0.2) is 20.2 Å². The van der Waals surface area contributed by atoms with E-state index in [1.807, 2.05) is 18.2 Å². The largest absolute Gasteiger partial charge is 0.471 e. The normalized spacial score (nSPS) is 18.1. The molecule has 0 spiro atoms. The monoisotopic (exact) mass is 180 g/mol. The minimum atomic E-state index is 0.375. The minimum Gasteiger partial charge on any atom is -0.471 e. The maximum Gasteiger partial charge on any atom is 0.292 e. The Morgan fingerprint density at radius 2 is 2.00 bits per heavy atom. The van der Waals surface area contributed by atoms with Gasteiger partial charge in [0.25, 0.3) is 6.47 Å². The van der Waals surface area contributed by atoms with Gasteiger partial charge in [-0.05, 0) is 5.56 Å². The molecule has 1 aromatic carbocycles. The molecule has 2 rings (SSSR count). The second-order valence-electron chi connectivity index (χ2n) is 2.56. The lowest BCUT2D eigenvalue weighted by atomic mass is 10.2. The van der Waals surface area contributed by atoms with Crippen LogP contribution in [0.2, 0.25) is 0 Å². The summed E-state index contributed by atoms with van der Waals surface area (Å²) in [6.45, 7) is 1.28. The van der Waals surface area contributed by atoms with Crippen LogP contribution in [0.4, 0.5) is 0 Å². The second-order valence-corrected chi connectivity index (χ2v) is 2.56. The van der Waals surface area contributed by atoms with Gasteiger partial charge in [-0.3, -0.25) is 4.79 Å². The van der Waals surface area contributed by atoms with Crippen LogP contribution in [0.15, 0.2) is 30.3 Å².